The molecule has 0 radical (unpaired) electrons. The van der Waals surface area contributed by atoms with Crippen LogP contribution in [0.2, 0.25) is 0 Å². The van der Waals surface area contributed by atoms with Crippen molar-refractivity contribution in [2.45, 2.75) is 44.7 Å². The smallest absolute Gasteiger partial charge is 0.322 e. The molecular formula is C19H21FN4O2. The summed E-state index contributed by atoms with van der Waals surface area (Å²) in [6.45, 7) is 1.80. The van der Waals surface area contributed by atoms with Gasteiger partial charge in [-0.3, -0.25) is 0 Å². The monoisotopic (exact) mass is 356 g/mol. The van der Waals surface area contributed by atoms with Crippen molar-refractivity contribution < 1.29 is 13.9 Å². The summed E-state index contributed by atoms with van der Waals surface area (Å²) in [6, 6.07) is 5.12. The van der Waals surface area contributed by atoms with E-state index in [2.05, 4.69) is 15.5 Å². The Morgan fingerprint density at radius 1 is 1.31 bits per heavy atom. The number of methoxy groups -OCH3 is 1. The lowest BCUT2D eigenvalue weighted by atomic mass is 9.80. The first kappa shape index (κ1) is 16.8. The summed E-state index contributed by atoms with van der Waals surface area (Å²) in [5.74, 6) is 0.110. The molecule has 2 atom stereocenters. The van der Waals surface area contributed by atoms with Crippen LogP contribution in [-0.4, -0.2) is 40.3 Å². The lowest BCUT2D eigenvalue weighted by molar-refractivity contribution is 0.0173. The molecule has 0 saturated carbocycles. The van der Waals surface area contributed by atoms with Crippen molar-refractivity contribution in [3.8, 4) is 17.0 Å². The molecule has 6 nitrogen and oxygen atoms in total. The fourth-order valence-electron chi connectivity index (χ4n) is 3.95. The lowest BCUT2D eigenvalue weighted by Crippen LogP contribution is -2.62. The van der Waals surface area contributed by atoms with Gasteiger partial charge in [0.1, 0.15) is 11.6 Å². The Kier molecular flexibility index (Phi) is 4.22. The zero-order valence-electron chi connectivity index (χ0n) is 14.8. The van der Waals surface area contributed by atoms with Gasteiger partial charge in [-0.1, -0.05) is 0 Å². The molecule has 136 valence electrons. The second kappa shape index (κ2) is 6.55. The zero-order valence-corrected chi connectivity index (χ0v) is 14.8. The third kappa shape index (κ3) is 2.87. The van der Waals surface area contributed by atoms with E-state index in [1.165, 1.54) is 12.3 Å². The van der Waals surface area contributed by atoms with E-state index in [4.69, 9.17) is 4.74 Å². The number of benzene rings is 1. The molecule has 2 fully saturated rings. The number of fused-ring (bicyclic) bond motifs is 2. The Morgan fingerprint density at radius 3 is 2.77 bits per heavy atom. The van der Waals surface area contributed by atoms with E-state index < -0.39 is 5.82 Å². The number of rotatable bonds is 3. The largest absolute Gasteiger partial charge is 0.495 e. The maximum Gasteiger partial charge on any atom is 0.322 e. The highest BCUT2D eigenvalue weighted by molar-refractivity contribution is 5.91. The quantitative estimate of drug-likeness (QED) is 0.909. The molecule has 1 aromatic heterocycles. The van der Waals surface area contributed by atoms with E-state index in [0.29, 0.717) is 34.7 Å². The second-order valence-corrected chi connectivity index (χ2v) is 6.94. The molecule has 1 N–H and O–H groups in total. The fraction of sp³-hybridized carbons (Fsp3) is 0.421. The van der Waals surface area contributed by atoms with Crippen molar-refractivity contribution in [3.05, 3.63) is 35.8 Å². The zero-order chi connectivity index (χ0) is 18.3. The minimum atomic E-state index is -0.457. The molecule has 3 heterocycles. The number of halogens is 1. The summed E-state index contributed by atoms with van der Waals surface area (Å²) in [6.07, 6.45) is 5.80. The number of piperidine rings is 1. The number of carbonyl (C=O) groups is 1. The maximum atomic E-state index is 14.4. The van der Waals surface area contributed by atoms with E-state index in [0.717, 1.165) is 25.7 Å². The van der Waals surface area contributed by atoms with Crippen LogP contribution >= 0.6 is 0 Å². The van der Waals surface area contributed by atoms with E-state index in [9.17, 15) is 9.18 Å². The fourth-order valence-corrected chi connectivity index (χ4v) is 3.95. The minimum Gasteiger partial charge on any atom is -0.495 e. The number of aromatic nitrogens is 2. The van der Waals surface area contributed by atoms with Gasteiger partial charge in [0, 0.05) is 23.7 Å². The molecule has 2 aliphatic rings. The van der Waals surface area contributed by atoms with Gasteiger partial charge in [0.25, 0.3) is 0 Å². The summed E-state index contributed by atoms with van der Waals surface area (Å²) >= 11 is 0. The molecule has 1 aromatic carbocycles. The number of carbonyl (C=O) groups excluding carboxylic acids is 1. The lowest BCUT2D eigenvalue weighted by Gasteiger charge is -2.52. The Bertz CT molecular complexity index is 843. The first-order valence-electron chi connectivity index (χ1n) is 8.83. The average Bonchev–Trinajstić information content (AvgIpc) is 2.64. The van der Waals surface area contributed by atoms with Gasteiger partial charge in [0.2, 0.25) is 0 Å². The predicted octanol–water partition coefficient (Wildman–Crippen LogP) is 3.76. The van der Waals surface area contributed by atoms with Crippen LogP contribution in [0, 0.1) is 12.7 Å². The molecule has 0 aliphatic carbocycles. The third-order valence-electron chi connectivity index (χ3n) is 5.34. The van der Waals surface area contributed by atoms with Crippen LogP contribution in [0.25, 0.3) is 11.3 Å². The van der Waals surface area contributed by atoms with Gasteiger partial charge in [0.15, 0.2) is 0 Å². The molecule has 2 aliphatic heterocycles. The highest BCUT2D eigenvalue weighted by Crippen LogP contribution is 2.38. The van der Waals surface area contributed by atoms with E-state index in [-0.39, 0.29) is 11.7 Å². The highest BCUT2D eigenvalue weighted by atomic mass is 19.1. The minimum absolute atomic E-state index is 0.158. The molecule has 0 spiro atoms. The summed E-state index contributed by atoms with van der Waals surface area (Å²) in [4.78, 5) is 14.4. The van der Waals surface area contributed by atoms with Crippen LogP contribution < -0.4 is 10.1 Å². The van der Waals surface area contributed by atoms with Gasteiger partial charge >= 0.3 is 6.03 Å². The molecule has 7 heteroatoms. The predicted molar refractivity (Wildman–Crippen MR) is 95.6 cm³/mol. The van der Waals surface area contributed by atoms with Crippen molar-refractivity contribution in [1.29, 1.82) is 0 Å². The number of anilines is 1. The van der Waals surface area contributed by atoms with Gasteiger partial charge in [-0.2, -0.15) is 10.2 Å². The van der Waals surface area contributed by atoms with E-state index >= 15 is 0 Å². The Balaban J connectivity index is 1.61. The Hall–Kier alpha value is -2.70. The topological polar surface area (TPSA) is 67.4 Å². The number of nitrogens with one attached hydrogen (secondary N) is 1. The number of nitrogens with zero attached hydrogens (tertiary/aromatic N) is 3. The van der Waals surface area contributed by atoms with Crippen molar-refractivity contribution in [2.24, 2.45) is 0 Å². The molecule has 2 aromatic rings. The van der Waals surface area contributed by atoms with Crippen LogP contribution in [0.3, 0.4) is 0 Å². The molecule has 2 amide bonds. The van der Waals surface area contributed by atoms with E-state index in [1.54, 1.807) is 26.2 Å². The Morgan fingerprint density at radius 2 is 2.08 bits per heavy atom. The molecule has 26 heavy (non-hydrogen) atoms. The number of ether oxygens (including phenoxy) is 1. The third-order valence-corrected chi connectivity index (χ3v) is 5.34. The van der Waals surface area contributed by atoms with Gasteiger partial charge in [0.05, 0.1) is 24.7 Å². The maximum absolute atomic E-state index is 14.4. The second-order valence-electron chi connectivity index (χ2n) is 6.94. The highest BCUT2D eigenvalue weighted by Gasteiger charge is 2.44. The molecule has 2 saturated heterocycles. The van der Waals surface area contributed by atoms with E-state index in [1.807, 2.05) is 4.90 Å². The number of aryl methyl sites for hydroxylation is 1. The molecule has 2 bridgehead atoms. The van der Waals surface area contributed by atoms with Gasteiger partial charge in [-0.25, -0.2) is 9.18 Å². The SMILES string of the molecule is COc1cnnc(-c2cc(NC(=O)N3C4CCCC3C4)c(F)cc2C)c1. The summed E-state index contributed by atoms with van der Waals surface area (Å²) in [5.41, 5.74) is 2.14. The molecule has 4 rings (SSSR count). The molecular weight excluding hydrogens is 335 g/mol. The number of hydrogen-bond donors (Lipinski definition) is 1. The molecule has 2 unspecified atom stereocenters. The number of urea groups is 1. The van der Waals surface area contributed by atoms with Crippen molar-refractivity contribution in [2.75, 3.05) is 12.4 Å². The van der Waals surface area contributed by atoms with Gasteiger partial charge in [-0.15, -0.1) is 0 Å². The Labute approximate surface area is 151 Å². The van der Waals surface area contributed by atoms with Crippen LogP contribution in [0.15, 0.2) is 24.4 Å². The first-order chi connectivity index (χ1) is 12.6. The number of hydrogen-bond acceptors (Lipinski definition) is 4. The van der Waals surface area contributed by atoms with Crippen LogP contribution in [0.5, 0.6) is 5.75 Å². The summed E-state index contributed by atoms with van der Waals surface area (Å²) in [7, 11) is 1.55. The van der Waals surface area contributed by atoms with Crippen molar-refractivity contribution in [1.82, 2.24) is 15.1 Å². The van der Waals surface area contributed by atoms with Crippen LogP contribution in [0.1, 0.15) is 31.2 Å². The van der Waals surface area contributed by atoms with Crippen LogP contribution in [0.4, 0.5) is 14.9 Å². The van der Waals surface area contributed by atoms with Crippen molar-refractivity contribution in [3.63, 3.8) is 0 Å². The summed E-state index contributed by atoms with van der Waals surface area (Å²) < 4.78 is 19.6. The van der Waals surface area contributed by atoms with Gasteiger partial charge < -0.3 is 15.0 Å². The standard InChI is InChI=1S/C19H21FN4O2/c1-11-6-16(20)18(9-15(11)17-8-14(26-2)10-21-23-17)22-19(25)24-12-4-3-5-13(24)7-12/h6,8-10,12-13H,3-5,7H2,1-2H3,(H,22,25). The normalized spacial score (nSPS) is 21.1. The first-order valence-corrected chi connectivity index (χ1v) is 8.83. The average molecular weight is 356 g/mol. The summed E-state index contributed by atoms with van der Waals surface area (Å²) in [5, 5.41) is 10.8. The van der Waals surface area contributed by atoms with Crippen LogP contribution in [-0.2, 0) is 0 Å². The number of amides is 2. The van der Waals surface area contributed by atoms with Gasteiger partial charge in [-0.05, 0) is 50.3 Å². The van der Waals surface area contributed by atoms with Crippen molar-refractivity contribution >= 4 is 11.7 Å².